The van der Waals surface area contributed by atoms with Crippen LogP contribution in [0.2, 0.25) is 0 Å². The number of fused-ring (bicyclic) bond motifs is 1. The van der Waals surface area contributed by atoms with Crippen molar-refractivity contribution in [2.75, 3.05) is 0 Å². The van der Waals surface area contributed by atoms with Gasteiger partial charge in [-0.15, -0.1) is 0 Å². The molecule has 0 saturated carbocycles. The van der Waals surface area contributed by atoms with Gasteiger partial charge in [0.15, 0.2) is 0 Å². The Kier molecular flexibility index (Phi) is 2.78. The lowest BCUT2D eigenvalue weighted by atomic mass is 10.1. The first kappa shape index (κ1) is 12.4. The number of furan rings is 1. The molecule has 2 N–H and O–H groups in total. The lowest BCUT2D eigenvalue weighted by Gasteiger charge is -2.06. The number of aliphatic carboxylic acids is 1. The van der Waals surface area contributed by atoms with E-state index in [2.05, 4.69) is 0 Å². The van der Waals surface area contributed by atoms with Crippen molar-refractivity contribution < 1.29 is 32.6 Å². The molecule has 7 heteroatoms. The number of aliphatic hydroxyl groups excluding tert-OH is 1. The summed E-state index contributed by atoms with van der Waals surface area (Å²) in [5.74, 6) is -2.03. The van der Waals surface area contributed by atoms with E-state index in [1.54, 1.807) is 0 Å². The molecule has 0 bridgehead atoms. The van der Waals surface area contributed by atoms with E-state index in [9.17, 15) is 23.1 Å². The van der Waals surface area contributed by atoms with Gasteiger partial charge in [0.2, 0.25) is 6.10 Å². The normalized spacial score (nSPS) is 13.8. The minimum atomic E-state index is -4.57. The molecule has 1 atom stereocenters. The van der Waals surface area contributed by atoms with Gasteiger partial charge in [0.1, 0.15) is 11.3 Å². The highest BCUT2D eigenvalue weighted by atomic mass is 19.4. The highest BCUT2D eigenvalue weighted by molar-refractivity contribution is 5.84. The third kappa shape index (κ3) is 2.04. The molecule has 1 aromatic heterocycles. The number of carbonyl (C=O) groups is 1. The van der Waals surface area contributed by atoms with Gasteiger partial charge in [-0.2, -0.15) is 13.2 Å². The second-order valence-corrected chi connectivity index (χ2v) is 3.60. The summed E-state index contributed by atoms with van der Waals surface area (Å²) in [5.41, 5.74) is -1.06. The molecule has 0 spiro atoms. The maximum absolute atomic E-state index is 12.7. The smallest absolute Gasteiger partial charge is 0.417 e. The fraction of sp³-hybridized carbons (Fsp3) is 0.182. The SMILES string of the molecule is O=C(O)C(O)c1cc2c(C(F)(F)F)cccc2o1. The molecular weight excluding hydrogens is 253 g/mol. The van der Waals surface area contributed by atoms with Crippen molar-refractivity contribution in [3.05, 3.63) is 35.6 Å². The Labute approximate surface area is 98.2 Å². The average Bonchev–Trinajstić information content (AvgIpc) is 2.69. The van der Waals surface area contributed by atoms with Crippen LogP contribution in [-0.2, 0) is 11.0 Å². The van der Waals surface area contributed by atoms with E-state index in [1.807, 2.05) is 0 Å². The molecule has 0 aliphatic rings. The number of hydrogen-bond donors (Lipinski definition) is 2. The number of benzene rings is 1. The number of aliphatic hydroxyl groups is 1. The van der Waals surface area contributed by atoms with Crippen LogP contribution in [0.1, 0.15) is 17.4 Å². The number of carboxylic acid groups (broad SMARTS) is 1. The van der Waals surface area contributed by atoms with Crippen molar-refractivity contribution in [3.63, 3.8) is 0 Å². The monoisotopic (exact) mass is 260 g/mol. The topological polar surface area (TPSA) is 70.7 Å². The summed E-state index contributed by atoms with van der Waals surface area (Å²) in [6.45, 7) is 0. The summed E-state index contributed by atoms with van der Waals surface area (Å²) in [7, 11) is 0. The summed E-state index contributed by atoms with van der Waals surface area (Å²) in [5, 5.41) is 17.5. The van der Waals surface area contributed by atoms with Crippen LogP contribution in [0.15, 0.2) is 28.7 Å². The molecular formula is C11H7F3O4. The van der Waals surface area contributed by atoms with Gasteiger partial charge in [0.25, 0.3) is 0 Å². The second kappa shape index (κ2) is 4.02. The maximum Gasteiger partial charge on any atom is 0.417 e. The molecule has 0 amide bonds. The van der Waals surface area contributed by atoms with Crippen molar-refractivity contribution in [3.8, 4) is 0 Å². The minimum Gasteiger partial charge on any atom is -0.479 e. The van der Waals surface area contributed by atoms with E-state index in [1.165, 1.54) is 6.07 Å². The minimum absolute atomic E-state index is 0.125. The standard InChI is InChI=1S/C11H7F3O4/c12-11(13,14)6-2-1-3-7-5(6)4-8(18-7)9(15)10(16)17/h1-4,9,15H,(H,16,17). The van der Waals surface area contributed by atoms with Gasteiger partial charge < -0.3 is 14.6 Å². The molecule has 1 unspecified atom stereocenters. The molecule has 0 aliphatic carbocycles. The Morgan fingerprint density at radius 2 is 2.00 bits per heavy atom. The highest BCUT2D eigenvalue weighted by Gasteiger charge is 2.34. The van der Waals surface area contributed by atoms with Crippen molar-refractivity contribution >= 4 is 16.9 Å². The van der Waals surface area contributed by atoms with E-state index in [0.29, 0.717) is 0 Å². The molecule has 1 heterocycles. The molecule has 0 saturated heterocycles. The van der Waals surface area contributed by atoms with Gasteiger partial charge in [0, 0.05) is 5.39 Å². The van der Waals surface area contributed by atoms with Gasteiger partial charge in [0.05, 0.1) is 5.56 Å². The molecule has 96 valence electrons. The first-order valence-corrected chi connectivity index (χ1v) is 4.81. The van der Waals surface area contributed by atoms with Crippen LogP contribution in [-0.4, -0.2) is 16.2 Å². The Hall–Kier alpha value is -2.02. The van der Waals surface area contributed by atoms with Gasteiger partial charge >= 0.3 is 12.1 Å². The van der Waals surface area contributed by atoms with Gasteiger partial charge in [-0.1, -0.05) is 6.07 Å². The van der Waals surface area contributed by atoms with Crippen LogP contribution in [0.4, 0.5) is 13.2 Å². The Balaban J connectivity index is 2.62. The number of rotatable bonds is 2. The van der Waals surface area contributed by atoms with Crippen LogP contribution >= 0.6 is 0 Å². The molecule has 0 radical (unpaired) electrons. The first-order valence-electron chi connectivity index (χ1n) is 4.81. The average molecular weight is 260 g/mol. The molecule has 2 rings (SSSR count). The maximum atomic E-state index is 12.7. The number of hydrogen-bond acceptors (Lipinski definition) is 3. The van der Waals surface area contributed by atoms with Crippen LogP contribution in [0.3, 0.4) is 0 Å². The van der Waals surface area contributed by atoms with Gasteiger partial charge in [-0.25, -0.2) is 4.79 Å². The summed E-state index contributed by atoms with van der Waals surface area (Å²) in [6, 6.07) is 4.15. The van der Waals surface area contributed by atoms with E-state index >= 15 is 0 Å². The van der Waals surface area contributed by atoms with E-state index in [4.69, 9.17) is 9.52 Å². The van der Waals surface area contributed by atoms with Crippen LogP contribution in [0.25, 0.3) is 11.0 Å². The molecule has 18 heavy (non-hydrogen) atoms. The predicted octanol–water partition coefficient (Wildman–Crippen LogP) is 2.57. The zero-order valence-electron chi connectivity index (χ0n) is 8.73. The largest absolute Gasteiger partial charge is 0.479 e. The Morgan fingerprint density at radius 3 is 2.56 bits per heavy atom. The lowest BCUT2D eigenvalue weighted by Crippen LogP contribution is -2.09. The fourth-order valence-corrected chi connectivity index (χ4v) is 1.58. The second-order valence-electron chi connectivity index (χ2n) is 3.60. The highest BCUT2D eigenvalue weighted by Crippen LogP contribution is 2.36. The molecule has 2 aromatic rings. The number of carboxylic acids is 1. The fourth-order valence-electron chi connectivity index (χ4n) is 1.58. The lowest BCUT2D eigenvalue weighted by molar-refractivity contribution is -0.147. The molecule has 0 aliphatic heterocycles. The van der Waals surface area contributed by atoms with E-state index < -0.39 is 29.6 Å². The summed E-state index contributed by atoms with van der Waals surface area (Å²) < 4.78 is 42.9. The Morgan fingerprint density at radius 1 is 1.33 bits per heavy atom. The van der Waals surface area contributed by atoms with Crippen LogP contribution in [0.5, 0.6) is 0 Å². The summed E-state index contributed by atoms with van der Waals surface area (Å²) >= 11 is 0. The molecule has 1 aromatic carbocycles. The number of alkyl halides is 3. The van der Waals surface area contributed by atoms with Gasteiger partial charge in [-0.05, 0) is 18.2 Å². The van der Waals surface area contributed by atoms with Crippen LogP contribution in [0, 0.1) is 0 Å². The predicted molar refractivity (Wildman–Crippen MR) is 53.8 cm³/mol. The van der Waals surface area contributed by atoms with Crippen molar-refractivity contribution in [2.45, 2.75) is 12.3 Å². The third-order valence-corrected chi connectivity index (χ3v) is 2.39. The zero-order chi connectivity index (χ0) is 13.5. The van der Waals surface area contributed by atoms with E-state index in [0.717, 1.165) is 18.2 Å². The zero-order valence-corrected chi connectivity index (χ0v) is 8.73. The van der Waals surface area contributed by atoms with Crippen molar-refractivity contribution in [2.24, 2.45) is 0 Å². The summed E-state index contributed by atoms with van der Waals surface area (Å²) in [4.78, 5) is 10.5. The van der Waals surface area contributed by atoms with E-state index in [-0.39, 0.29) is 11.0 Å². The van der Waals surface area contributed by atoms with Gasteiger partial charge in [-0.3, -0.25) is 0 Å². The molecule has 0 fully saturated rings. The van der Waals surface area contributed by atoms with Crippen molar-refractivity contribution in [1.82, 2.24) is 0 Å². The van der Waals surface area contributed by atoms with Crippen molar-refractivity contribution in [1.29, 1.82) is 0 Å². The first-order chi connectivity index (χ1) is 8.30. The summed E-state index contributed by atoms with van der Waals surface area (Å²) in [6.07, 6.45) is -6.56. The Bertz CT molecular complexity index is 600. The third-order valence-electron chi connectivity index (χ3n) is 2.39. The van der Waals surface area contributed by atoms with Crippen LogP contribution < -0.4 is 0 Å². The number of halogens is 3. The molecule has 4 nitrogen and oxygen atoms in total. The quantitative estimate of drug-likeness (QED) is 0.870.